The predicted molar refractivity (Wildman–Crippen MR) is 88.3 cm³/mol. The lowest BCUT2D eigenvalue weighted by Gasteiger charge is -2.17. The van der Waals surface area contributed by atoms with Gasteiger partial charge in [0.15, 0.2) is 0 Å². The fourth-order valence-electron chi connectivity index (χ4n) is 2.86. The number of aromatic nitrogens is 1. The van der Waals surface area contributed by atoms with Crippen LogP contribution in [0.1, 0.15) is 11.1 Å². The van der Waals surface area contributed by atoms with E-state index in [1.54, 1.807) is 0 Å². The molecule has 104 valence electrons. The number of anilines is 2. The molecule has 0 amide bonds. The molecule has 0 bridgehead atoms. The van der Waals surface area contributed by atoms with Crippen molar-refractivity contribution in [2.75, 3.05) is 10.6 Å². The molecular formula is C17H15N3S. The fourth-order valence-corrected chi connectivity index (χ4v) is 3.70. The van der Waals surface area contributed by atoms with Crippen LogP contribution in [0.15, 0.2) is 54.6 Å². The van der Waals surface area contributed by atoms with E-state index in [0.29, 0.717) is 5.82 Å². The Bertz CT molecular complexity index is 755. The fraction of sp³-hybridized carbons (Fsp3) is 0.118. The third kappa shape index (κ3) is 2.08. The molecule has 1 aliphatic rings. The summed E-state index contributed by atoms with van der Waals surface area (Å²) in [6, 6.07) is 18.9. The van der Waals surface area contributed by atoms with Crippen molar-refractivity contribution in [2.24, 2.45) is 0 Å². The molecule has 1 aliphatic heterocycles. The molecule has 2 N–H and O–H groups in total. The summed E-state index contributed by atoms with van der Waals surface area (Å²) in [4.78, 5) is 2.36. The number of hydrogen-bond acceptors (Lipinski definition) is 4. The first-order valence-electron chi connectivity index (χ1n) is 6.95. The van der Waals surface area contributed by atoms with Crippen molar-refractivity contribution >= 4 is 22.4 Å². The van der Waals surface area contributed by atoms with Crippen LogP contribution in [0.4, 0.5) is 10.8 Å². The Hall–Kier alpha value is -2.33. The van der Waals surface area contributed by atoms with Crippen molar-refractivity contribution < 1.29 is 0 Å². The van der Waals surface area contributed by atoms with Crippen molar-refractivity contribution in [1.82, 2.24) is 4.37 Å². The minimum Gasteiger partial charge on any atom is -0.382 e. The maximum Gasteiger partial charge on any atom is 0.147 e. The van der Waals surface area contributed by atoms with E-state index < -0.39 is 0 Å². The summed E-state index contributed by atoms with van der Waals surface area (Å²) in [5.74, 6) is 0.622. The van der Waals surface area contributed by atoms with E-state index in [9.17, 15) is 0 Å². The summed E-state index contributed by atoms with van der Waals surface area (Å²) in [5, 5.41) is 1.16. The van der Waals surface area contributed by atoms with Gasteiger partial charge in [-0.05, 0) is 28.2 Å². The molecule has 3 nitrogen and oxygen atoms in total. The second kappa shape index (κ2) is 4.90. The molecular weight excluding hydrogens is 278 g/mol. The first kappa shape index (κ1) is 12.4. The van der Waals surface area contributed by atoms with E-state index in [1.165, 1.54) is 22.7 Å². The number of benzene rings is 2. The van der Waals surface area contributed by atoms with E-state index in [0.717, 1.165) is 29.2 Å². The maximum absolute atomic E-state index is 6.12. The van der Waals surface area contributed by atoms with E-state index in [4.69, 9.17) is 5.73 Å². The number of fused-ring (bicyclic) bond motifs is 1. The zero-order chi connectivity index (χ0) is 14.2. The summed E-state index contributed by atoms with van der Waals surface area (Å²) >= 11 is 1.49. The molecule has 0 fully saturated rings. The Morgan fingerprint density at radius 3 is 2.19 bits per heavy atom. The molecule has 0 radical (unpaired) electrons. The Balaban J connectivity index is 1.75. The minimum atomic E-state index is 0.622. The molecule has 4 rings (SSSR count). The average Bonchev–Trinajstić information content (AvgIpc) is 3.11. The van der Waals surface area contributed by atoms with Gasteiger partial charge in [-0.2, -0.15) is 4.37 Å². The molecule has 0 aliphatic carbocycles. The predicted octanol–water partition coefficient (Wildman–Crippen LogP) is 3.91. The van der Waals surface area contributed by atoms with Gasteiger partial charge in [-0.3, -0.25) is 0 Å². The van der Waals surface area contributed by atoms with Crippen LogP contribution in [-0.4, -0.2) is 4.37 Å². The normalized spacial score (nSPS) is 13.4. The lowest BCUT2D eigenvalue weighted by Crippen LogP contribution is -2.13. The van der Waals surface area contributed by atoms with E-state index in [2.05, 4.69) is 45.7 Å². The Labute approximate surface area is 127 Å². The first-order valence-corrected chi connectivity index (χ1v) is 7.72. The van der Waals surface area contributed by atoms with Crippen LogP contribution < -0.4 is 10.6 Å². The second-order valence-electron chi connectivity index (χ2n) is 5.24. The number of nitrogens with two attached hydrogens (primary N) is 1. The number of nitrogens with zero attached hydrogens (tertiary/aromatic N) is 2. The third-order valence-corrected chi connectivity index (χ3v) is 4.81. The third-order valence-electron chi connectivity index (χ3n) is 3.89. The van der Waals surface area contributed by atoms with Crippen molar-refractivity contribution in [3.05, 3.63) is 65.7 Å². The van der Waals surface area contributed by atoms with Crippen LogP contribution in [0.25, 0.3) is 11.1 Å². The van der Waals surface area contributed by atoms with Crippen molar-refractivity contribution in [2.45, 2.75) is 13.1 Å². The van der Waals surface area contributed by atoms with Crippen LogP contribution in [0.3, 0.4) is 0 Å². The Morgan fingerprint density at radius 1 is 0.905 bits per heavy atom. The molecule has 3 aromatic rings. The minimum absolute atomic E-state index is 0.622. The van der Waals surface area contributed by atoms with E-state index in [-0.39, 0.29) is 0 Å². The largest absolute Gasteiger partial charge is 0.382 e. The van der Waals surface area contributed by atoms with Crippen molar-refractivity contribution in [3.63, 3.8) is 0 Å². The molecule has 0 spiro atoms. The van der Waals surface area contributed by atoms with Gasteiger partial charge in [0, 0.05) is 13.1 Å². The maximum atomic E-state index is 6.12. The van der Waals surface area contributed by atoms with Gasteiger partial charge < -0.3 is 10.6 Å². The number of rotatable bonds is 2. The SMILES string of the molecule is Nc1nsc(N2Cc3ccccc3C2)c1-c1ccccc1. The molecule has 0 saturated heterocycles. The van der Waals surface area contributed by atoms with Gasteiger partial charge in [0.2, 0.25) is 0 Å². The summed E-state index contributed by atoms with van der Waals surface area (Å²) in [6.45, 7) is 1.86. The van der Waals surface area contributed by atoms with Gasteiger partial charge in [0.25, 0.3) is 0 Å². The van der Waals surface area contributed by atoms with E-state index >= 15 is 0 Å². The summed E-state index contributed by atoms with van der Waals surface area (Å²) in [5.41, 5.74) is 11.1. The van der Waals surface area contributed by atoms with Gasteiger partial charge in [-0.1, -0.05) is 54.6 Å². The Morgan fingerprint density at radius 2 is 1.52 bits per heavy atom. The second-order valence-corrected chi connectivity index (χ2v) is 5.99. The van der Waals surface area contributed by atoms with Crippen LogP contribution in [-0.2, 0) is 13.1 Å². The summed E-state index contributed by atoms with van der Waals surface area (Å²) in [6.07, 6.45) is 0. The van der Waals surface area contributed by atoms with Crippen LogP contribution in [0, 0.1) is 0 Å². The van der Waals surface area contributed by atoms with E-state index in [1.807, 2.05) is 18.2 Å². The van der Waals surface area contributed by atoms with Gasteiger partial charge in [0.1, 0.15) is 10.8 Å². The number of hydrogen-bond donors (Lipinski definition) is 1. The summed E-state index contributed by atoms with van der Waals surface area (Å²) in [7, 11) is 0. The molecule has 1 aromatic heterocycles. The lowest BCUT2D eigenvalue weighted by molar-refractivity contribution is 0.893. The van der Waals surface area contributed by atoms with Crippen molar-refractivity contribution in [1.29, 1.82) is 0 Å². The van der Waals surface area contributed by atoms with Gasteiger partial charge in [0.05, 0.1) is 5.56 Å². The highest BCUT2D eigenvalue weighted by Crippen LogP contribution is 2.42. The standard InChI is InChI=1S/C17H15N3S/c18-16-15(12-6-2-1-3-7-12)17(21-19-16)20-10-13-8-4-5-9-14(13)11-20/h1-9H,10-11H2,(H2,18,19). The van der Waals surface area contributed by atoms with Crippen molar-refractivity contribution in [3.8, 4) is 11.1 Å². The lowest BCUT2D eigenvalue weighted by atomic mass is 10.1. The zero-order valence-corrected chi connectivity index (χ0v) is 12.3. The molecule has 21 heavy (non-hydrogen) atoms. The quantitative estimate of drug-likeness (QED) is 0.779. The van der Waals surface area contributed by atoms with Crippen LogP contribution in [0.2, 0.25) is 0 Å². The molecule has 0 unspecified atom stereocenters. The topological polar surface area (TPSA) is 42.1 Å². The molecule has 0 atom stereocenters. The molecule has 4 heteroatoms. The van der Waals surface area contributed by atoms with Crippen LogP contribution in [0.5, 0.6) is 0 Å². The number of nitrogen functional groups attached to an aromatic ring is 1. The molecule has 2 heterocycles. The summed E-state index contributed by atoms with van der Waals surface area (Å²) < 4.78 is 4.38. The van der Waals surface area contributed by atoms with Gasteiger partial charge in [-0.25, -0.2) is 0 Å². The Kier molecular flexibility index (Phi) is 2.89. The van der Waals surface area contributed by atoms with Crippen LogP contribution >= 0.6 is 11.5 Å². The highest BCUT2D eigenvalue weighted by Gasteiger charge is 2.24. The highest BCUT2D eigenvalue weighted by molar-refractivity contribution is 7.11. The van der Waals surface area contributed by atoms with Gasteiger partial charge >= 0.3 is 0 Å². The monoisotopic (exact) mass is 293 g/mol. The zero-order valence-electron chi connectivity index (χ0n) is 11.5. The molecule has 0 saturated carbocycles. The average molecular weight is 293 g/mol. The first-order chi connectivity index (χ1) is 10.3. The van der Waals surface area contributed by atoms with Gasteiger partial charge in [-0.15, -0.1) is 0 Å². The smallest absolute Gasteiger partial charge is 0.147 e. The molecule has 2 aromatic carbocycles. The highest BCUT2D eigenvalue weighted by atomic mass is 32.1.